The Balaban J connectivity index is 1.47. The van der Waals surface area contributed by atoms with Gasteiger partial charge in [0, 0.05) is 35.6 Å². The van der Waals surface area contributed by atoms with Crippen LogP contribution in [0, 0.1) is 0 Å². The highest BCUT2D eigenvalue weighted by molar-refractivity contribution is 7.99. The largest absolute Gasteiger partial charge is 0.486 e. The molecule has 3 aromatic rings. The SMILES string of the molecule is Cn1ccnc1Sc1ccc(NC(=O)c2cc(Cl)c3c(c2)OCCO3)cc1. The van der Waals surface area contributed by atoms with Gasteiger partial charge in [-0.25, -0.2) is 4.98 Å². The van der Waals surface area contributed by atoms with Gasteiger partial charge >= 0.3 is 0 Å². The normalized spacial score (nSPS) is 12.7. The molecule has 6 nitrogen and oxygen atoms in total. The van der Waals surface area contributed by atoms with Crippen molar-refractivity contribution in [1.29, 1.82) is 0 Å². The predicted molar refractivity (Wildman–Crippen MR) is 104 cm³/mol. The fourth-order valence-corrected chi connectivity index (χ4v) is 3.67. The Morgan fingerprint density at radius 3 is 2.74 bits per heavy atom. The monoisotopic (exact) mass is 401 g/mol. The number of nitrogens with one attached hydrogen (secondary N) is 1. The molecule has 8 heteroatoms. The van der Waals surface area contributed by atoms with Gasteiger partial charge in [0.05, 0.1) is 5.02 Å². The summed E-state index contributed by atoms with van der Waals surface area (Å²) in [4.78, 5) is 17.9. The molecule has 1 amide bonds. The van der Waals surface area contributed by atoms with Crippen LogP contribution >= 0.6 is 23.4 Å². The number of ether oxygens (including phenoxy) is 2. The van der Waals surface area contributed by atoms with Crippen LogP contribution in [0.4, 0.5) is 5.69 Å². The third kappa shape index (κ3) is 3.89. The minimum atomic E-state index is -0.265. The third-order valence-electron chi connectivity index (χ3n) is 3.96. The van der Waals surface area contributed by atoms with Crippen molar-refractivity contribution >= 4 is 35.0 Å². The highest BCUT2D eigenvalue weighted by Crippen LogP contribution is 2.38. The van der Waals surface area contributed by atoms with Crippen molar-refractivity contribution in [2.45, 2.75) is 10.1 Å². The summed E-state index contributed by atoms with van der Waals surface area (Å²) in [6, 6.07) is 10.8. The maximum absolute atomic E-state index is 12.6. The first-order chi connectivity index (χ1) is 13.1. The van der Waals surface area contributed by atoms with Crippen molar-refractivity contribution in [1.82, 2.24) is 9.55 Å². The average Bonchev–Trinajstić information content (AvgIpc) is 3.08. The number of carbonyl (C=O) groups is 1. The molecule has 0 aliphatic carbocycles. The molecule has 0 fully saturated rings. The summed E-state index contributed by atoms with van der Waals surface area (Å²) in [5.41, 5.74) is 1.10. The van der Waals surface area contributed by atoms with E-state index in [1.165, 1.54) is 0 Å². The van der Waals surface area contributed by atoms with Crippen molar-refractivity contribution in [2.75, 3.05) is 18.5 Å². The smallest absolute Gasteiger partial charge is 0.255 e. The first-order valence-corrected chi connectivity index (χ1v) is 9.45. The molecule has 1 aromatic heterocycles. The number of rotatable bonds is 4. The molecule has 0 saturated heterocycles. The zero-order valence-electron chi connectivity index (χ0n) is 14.4. The Hall–Kier alpha value is -2.64. The van der Waals surface area contributed by atoms with Crippen molar-refractivity contribution in [3.8, 4) is 11.5 Å². The lowest BCUT2D eigenvalue weighted by Gasteiger charge is -2.20. The van der Waals surface area contributed by atoms with Gasteiger partial charge in [-0.3, -0.25) is 4.79 Å². The van der Waals surface area contributed by atoms with E-state index in [4.69, 9.17) is 21.1 Å². The van der Waals surface area contributed by atoms with Crippen LogP contribution < -0.4 is 14.8 Å². The lowest BCUT2D eigenvalue weighted by atomic mass is 10.1. The summed E-state index contributed by atoms with van der Waals surface area (Å²) in [6.07, 6.45) is 3.66. The van der Waals surface area contributed by atoms with E-state index >= 15 is 0 Å². The van der Waals surface area contributed by atoms with Crippen LogP contribution in [0.5, 0.6) is 11.5 Å². The van der Waals surface area contributed by atoms with Gasteiger partial charge in [0.15, 0.2) is 16.7 Å². The first-order valence-electron chi connectivity index (χ1n) is 8.26. The maximum Gasteiger partial charge on any atom is 0.255 e. The number of carbonyl (C=O) groups excluding carboxylic acids is 1. The molecular weight excluding hydrogens is 386 g/mol. The van der Waals surface area contributed by atoms with E-state index in [-0.39, 0.29) is 5.91 Å². The van der Waals surface area contributed by atoms with Crippen LogP contribution in [0.15, 0.2) is 58.8 Å². The summed E-state index contributed by atoms with van der Waals surface area (Å²) < 4.78 is 12.9. The lowest BCUT2D eigenvalue weighted by molar-refractivity contribution is 0.102. The number of aryl methyl sites for hydroxylation is 1. The van der Waals surface area contributed by atoms with Gasteiger partial charge in [-0.2, -0.15) is 0 Å². The number of imidazole rings is 1. The number of nitrogens with zero attached hydrogens (tertiary/aromatic N) is 2. The molecule has 1 N–H and O–H groups in total. The Labute approximate surface area is 165 Å². The summed E-state index contributed by atoms with van der Waals surface area (Å²) in [6.45, 7) is 0.879. The summed E-state index contributed by atoms with van der Waals surface area (Å²) >= 11 is 7.75. The second kappa shape index (κ2) is 7.54. The topological polar surface area (TPSA) is 65.4 Å². The van der Waals surface area contributed by atoms with Crippen LogP contribution in [0.3, 0.4) is 0 Å². The molecule has 1 aliphatic heterocycles. The van der Waals surface area contributed by atoms with Crippen molar-refractivity contribution < 1.29 is 14.3 Å². The highest BCUT2D eigenvalue weighted by Gasteiger charge is 2.19. The van der Waals surface area contributed by atoms with E-state index in [0.29, 0.717) is 41.0 Å². The molecule has 4 rings (SSSR count). The molecule has 0 saturated carbocycles. The fourth-order valence-electron chi connectivity index (χ4n) is 2.61. The quantitative estimate of drug-likeness (QED) is 0.708. The van der Waals surface area contributed by atoms with Crippen LogP contribution in [-0.4, -0.2) is 28.7 Å². The number of benzene rings is 2. The molecule has 0 bridgehead atoms. The van der Waals surface area contributed by atoms with Crippen LogP contribution in [-0.2, 0) is 7.05 Å². The van der Waals surface area contributed by atoms with Gasteiger partial charge in [0.2, 0.25) is 0 Å². The maximum atomic E-state index is 12.6. The molecule has 2 aromatic carbocycles. The number of fused-ring (bicyclic) bond motifs is 1. The first kappa shape index (κ1) is 17.8. The number of halogens is 1. The molecule has 1 aliphatic rings. The highest BCUT2D eigenvalue weighted by atomic mass is 35.5. The van der Waals surface area contributed by atoms with Gasteiger partial charge in [-0.1, -0.05) is 23.4 Å². The zero-order chi connectivity index (χ0) is 18.8. The van der Waals surface area contributed by atoms with E-state index in [2.05, 4.69) is 10.3 Å². The molecule has 138 valence electrons. The van der Waals surface area contributed by atoms with Gasteiger partial charge in [0.25, 0.3) is 5.91 Å². The van der Waals surface area contributed by atoms with E-state index < -0.39 is 0 Å². The molecule has 0 spiro atoms. The Bertz CT molecular complexity index is 988. The summed E-state index contributed by atoms with van der Waals surface area (Å²) in [5.74, 6) is 0.703. The van der Waals surface area contributed by atoms with Gasteiger partial charge in [-0.05, 0) is 36.4 Å². The molecule has 2 heterocycles. The Kier molecular flexibility index (Phi) is 4.96. The number of amides is 1. The zero-order valence-corrected chi connectivity index (χ0v) is 16.0. The standard InChI is InChI=1S/C19H16ClN3O3S/c1-23-7-6-21-19(23)27-14-4-2-13(3-5-14)22-18(24)12-10-15(20)17-16(11-12)25-8-9-26-17/h2-7,10-11H,8-9H2,1H3,(H,22,24). The fraction of sp³-hybridized carbons (Fsp3) is 0.158. The second-order valence-corrected chi connectivity index (χ2v) is 7.33. The van der Waals surface area contributed by atoms with Crippen molar-refractivity contribution in [3.05, 3.63) is 59.4 Å². The number of hydrogen-bond acceptors (Lipinski definition) is 5. The Morgan fingerprint density at radius 1 is 1.22 bits per heavy atom. The Morgan fingerprint density at radius 2 is 2.00 bits per heavy atom. The minimum absolute atomic E-state index is 0.265. The van der Waals surface area contributed by atoms with E-state index in [9.17, 15) is 4.79 Å². The number of hydrogen-bond donors (Lipinski definition) is 1. The van der Waals surface area contributed by atoms with Crippen molar-refractivity contribution in [2.24, 2.45) is 7.05 Å². The summed E-state index contributed by atoms with van der Waals surface area (Å²) in [5, 5.41) is 4.13. The van der Waals surface area contributed by atoms with Gasteiger partial charge in [0.1, 0.15) is 13.2 Å². The van der Waals surface area contributed by atoms with Gasteiger partial charge in [-0.15, -0.1) is 0 Å². The van der Waals surface area contributed by atoms with E-state index in [1.54, 1.807) is 30.1 Å². The van der Waals surface area contributed by atoms with Gasteiger partial charge < -0.3 is 19.4 Å². The third-order valence-corrected chi connectivity index (χ3v) is 5.32. The molecular formula is C19H16ClN3O3S. The van der Waals surface area contributed by atoms with Crippen molar-refractivity contribution in [3.63, 3.8) is 0 Å². The van der Waals surface area contributed by atoms with Crippen LogP contribution in [0.1, 0.15) is 10.4 Å². The minimum Gasteiger partial charge on any atom is -0.486 e. The summed E-state index contributed by atoms with van der Waals surface area (Å²) in [7, 11) is 1.95. The van der Waals surface area contributed by atoms with E-state index in [0.717, 1.165) is 10.1 Å². The average molecular weight is 402 g/mol. The van der Waals surface area contributed by atoms with E-state index in [1.807, 2.05) is 42.1 Å². The second-order valence-electron chi connectivity index (χ2n) is 5.88. The number of anilines is 1. The molecule has 0 radical (unpaired) electrons. The number of aromatic nitrogens is 2. The lowest BCUT2D eigenvalue weighted by Crippen LogP contribution is -2.17. The van der Waals surface area contributed by atoms with Crippen LogP contribution in [0.2, 0.25) is 5.02 Å². The predicted octanol–water partition coefficient (Wildman–Crippen LogP) is 4.25. The molecule has 27 heavy (non-hydrogen) atoms. The van der Waals surface area contributed by atoms with Crippen LogP contribution in [0.25, 0.3) is 0 Å². The molecule has 0 unspecified atom stereocenters. The molecule has 0 atom stereocenters.